The van der Waals surface area contributed by atoms with Gasteiger partial charge in [-0.1, -0.05) is 22.9 Å². The number of nitrogens with zero attached hydrogens (tertiary/aromatic N) is 4. The number of halogens is 1. The molecule has 1 aromatic heterocycles. The minimum Gasteiger partial charge on any atom is -0.339 e. The Morgan fingerprint density at radius 3 is 2.91 bits per heavy atom. The van der Waals surface area contributed by atoms with Crippen LogP contribution in [0.1, 0.15) is 48.8 Å². The quantitative estimate of drug-likeness (QED) is 0.782. The summed E-state index contributed by atoms with van der Waals surface area (Å²) in [7, 11) is 0. The fourth-order valence-corrected chi connectivity index (χ4v) is 3.83. The first-order chi connectivity index (χ1) is 10.6. The fraction of sp³-hybridized carbons (Fsp3) is 0.467. The predicted molar refractivity (Wildman–Crippen MR) is 83.6 cm³/mol. The first-order valence-corrected chi connectivity index (χ1v) is 8.30. The van der Waals surface area contributed by atoms with Gasteiger partial charge >= 0.3 is 0 Å². The zero-order valence-corrected chi connectivity index (χ0v) is 13.8. The van der Waals surface area contributed by atoms with Crippen LogP contribution in [0, 0.1) is 5.92 Å². The molecule has 1 aliphatic heterocycles. The van der Waals surface area contributed by atoms with Crippen molar-refractivity contribution in [3.8, 4) is 5.69 Å². The number of carbonyl (C=O) groups is 1. The van der Waals surface area contributed by atoms with Gasteiger partial charge in [-0.25, -0.2) is 0 Å². The number of rotatable bonds is 0. The molecule has 2 aliphatic rings. The summed E-state index contributed by atoms with van der Waals surface area (Å²) in [5.74, 6) is 1.35. The highest BCUT2D eigenvalue weighted by Gasteiger charge is 2.44. The summed E-state index contributed by atoms with van der Waals surface area (Å²) in [5, 5.41) is 15.5. The Morgan fingerprint density at radius 2 is 2.14 bits per heavy atom. The van der Waals surface area contributed by atoms with Gasteiger partial charge in [-0.05, 0) is 60.2 Å². The maximum absolute atomic E-state index is 12.8. The standard InChI is InChI=1S/C15H16BrN5O/c1-9-4-6-15(7-5-9)14-18-19-20-21(14)12-3-2-10(16)8-11(12)13(22)17-15/h2-3,8-9H,4-7H2,1H3,(H,17,22). The van der Waals surface area contributed by atoms with Crippen LogP contribution in [0.2, 0.25) is 0 Å². The van der Waals surface area contributed by atoms with Crippen molar-refractivity contribution in [2.24, 2.45) is 5.92 Å². The average molecular weight is 362 g/mol. The fourth-order valence-electron chi connectivity index (χ4n) is 3.47. The third-order valence-electron chi connectivity index (χ3n) is 4.81. The van der Waals surface area contributed by atoms with E-state index in [-0.39, 0.29) is 5.91 Å². The molecular formula is C15H16BrN5O. The summed E-state index contributed by atoms with van der Waals surface area (Å²) >= 11 is 3.43. The lowest BCUT2D eigenvalue weighted by Crippen LogP contribution is -2.48. The van der Waals surface area contributed by atoms with Crippen LogP contribution in [-0.2, 0) is 5.54 Å². The highest BCUT2D eigenvalue weighted by atomic mass is 79.9. The highest BCUT2D eigenvalue weighted by Crippen LogP contribution is 2.41. The van der Waals surface area contributed by atoms with E-state index in [0.717, 1.165) is 41.7 Å². The topological polar surface area (TPSA) is 72.7 Å². The number of hydrogen-bond acceptors (Lipinski definition) is 4. The number of tetrazole rings is 1. The monoisotopic (exact) mass is 361 g/mol. The Morgan fingerprint density at radius 1 is 1.36 bits per heavy atom. The van der Waals surface area contributed by atoms with E-state index >= 15 is 0 Å². The van der Waals surface area contributed by atoms with Crippen molar-refractivity contribution in [1.29, 1.82) is 0 Å². The van der Waals surface area contributed by atoms with Crippen molar-refractivity contribution in [2.45, 2.75) is 38.1 Å². The van der Waals surface area contributed by atoms with Gasteiger partial charge in [0.15, 0.2) is 5.82 Å². The number of benzene rings is 1. The van der Waals surface area contributed by atoms with Gasteiger partial charge < -0.3 is 5.32 Å². The van der Waals surface area contributed by atoms with Crippen LogP contribution >= 0.6 is 15.9 Å². The number of nitrogens with one attached hydrogen (secondary N) is 1. The van der Waals surface area contributed by atoms with Crippen molar-refractivity contribution in [2.75, 3.05) is 0 Å². The Labute approximate surface area is 136 Å². The lowest BCUT2D eigenvalue weighted by molar-refractivity contribution is 0.0845. The van der Waals surface area contributed by atoms with Gasteiger partial charge in [-0.3, -0.25) is 4.79 Å². The van der Waals surface area contributed by atoms with Crippen molar-refractivity contribution in [3.63, 3.8) is 0 Å². The molecule has 4 rings (SSSR count). The largest absolute Gasteiger partial charge is 0.339 e. The van der Waals surface area contributed by atoms with E-state index in [1.807, 2.05) is 18.2 Å². The summed E-state index contributed by atoms with van der Waals surface area (Å²) in [6, 6.07) is 5.60. The molecule has 1 N–H and O–H groups in total. The molecule has 1 spiro atoms. The van der Waals surface area contributed by atoms with E-state index < -0.39 is 5.54 Å². The lowest BCUT2D eigenvalue weighted by atomic mass is 9.76. The number of carbonyl (C=O) groups excluding carboxylic acids is 1. The molecular weight excluding hydrogens is 346 g/mol. The van der Waals surface area contributed by atoms with Gasteiger partial charge in [0.1, 0.15) is 5.54 Å². The molecule has 114 valence electrons. The van der Waals surface area contributed by atoms with Crippen molar-refractivity contribution in [3.05, 3.63) is 34.1 Å². The molecule has 1 amide bonds. The maximum Gasteiger partial charge on any atom is 0.254 e. The Hall–Kier alpha value is -1.76. The smallest absolute Gasteiger partial charge is 0.254 e. The van der Waals surface area contributed by atoms with Crippen LogP contribution in [0.15, 0.2) is 22.7 Å². The van der Waals surface area contributed by atoms with Crippen LogP contribution in [-0.4, -0.2) is 26.1 Å². The summed E-state index contributed by atoms with van der Waals surface area (Å²) < 4.78 is 2.58. The first kappa shape index (κ1) is 13.9. The molecule has 22 heavy (non-hydrogen) atoms. The Kier molecular flexibility index (Phi) is 3.07. The SMILES string of the molecule is CC1CCC2(CC1)NC(=O)c1cc(Br)ccc1-n1nnnc12. The molecule has 7 heteroatoms. The molecule has 1 fully saturated rings. The van der Waals surface area contributed by atoms with Gasteiger partial charge in [0.25, 0.3) is 5.91 Å². The van der Waals surface area contributed by atoms with Crippen LogP contribution in [0.25, 0.3) is 5.69 Å². The minimum atomic E-state index is -0.460. The van der Waals surface area contributed by atoms with E-state index in [4.69, 9.17) is 0 Å². The van der Waals surface area contributed by atoms with Crippen LogP contribution in [0.4, 0.5) is 0 Å². The van der Waals surface area contributed by atoms with Gasteiger partial charge in [0, 0.05) is 4.47 Å². The summed E-state index contributed by atoms with van der Waals surface area (Å²) in [6.45, 7) is 2.25. The normalized spacial score (nSPS) is 27.0. The van der Waals surface area contributed by atoms with Gasteiger partial charge in [0.2, 0.25) is 0 Å². The highest BCUT2D eigenvalue weighted by molar-refractivity contribution is 9.10. The minimum absolute atomic E-state index is 0.0712. The summed E-state index contributed by atoms with van der Waals surface area (Å²) in [4.78, 5) is 12.8. The molecule has 1 aliphatic carbocycles. The zero-order valence-electron chi connectivity index (χ0n) is 12.2. The van der Waals surface area contributed by atoms with Crippen molar-refractivity contribution >= 4 is 21.8 Å². The van der Waals surface area contributed by atoms with Crippen molar-refractivity contribution in [1.82, 2.24) is 25.5 Å². The summed E-state index contributed by atoms with van der Waals surface area (Å²) in [5.41, 5.74) is 0.869. The van der Waals surface area contributed by atoms with Crippen LogP contribution < -0.4 is 5.32 Å². The third kappa shape index (κ3) is 1.99. The van der Waals surface area contributed by atoms with Crippen LogP contribution in [0.3, 0.4) is 0 Å². The van der Waals surface area contributed by atoms with E-state index in [9.17, 15) is 4.79 Å². The van der Waals surface area contributed by atoms with Gasteiger partial charge in [-0.15, -0.1) is 5.10 Å². The van der Waals surface area contributed by atoms with E-state index in [2.05, 4.69) is 43.7 Å². The number of fused-ring (bicyclic) bond motifs is 4. The molecule has 0 bridgehead atoms. The second-order valence-corrected chi connectivity index (χ2v) is 7.21. The molecule has 2 aromatic rings. The second-order valence-electron chi connectivity index (χ2n) is 6.29. The molecule has 6 nitrogen and oxygen atoms in total. The predicted octanol–water partition coefficient (Wildman–Crippen LogP) is 2.57. The molecule has 0 radical (unpaired) electrons. The van der Waals surface area contributed by atoms with E-state index in [1.165, 1.54) is 0 Å². The molecule has 1 saturated carbocycles. The Balaban J connectivity index is 1.90. The van der Waals surface area contributed by atoms with E-state index in [0.29, 0.717) is 11.5 Å². The summed E-state index contributed by atoms with van der Waals surface area (Å²) in [6.07, 6.45) is 3.87. The zero-order chi connectivity index (χ0) is 15.3. The molecule has 0 atom stereocenters. The molecule has 2 heterocycles. The van der Waals surface area contributed by atoms with Crippen LogP contribution in [0.5, 0.6) is 0 Å². The first-order valence-electron chi connectivity index (χ1n) is 7.50. The molecule has 0 unspecified atom stereocenters. The van der Waals surface area contributed by atoms with E-state index in [1.54, 1.807) is 4.68 Å². The Bertz CT molecular complexity index is 748. The number of aromatic nitrogens is 4. The third-order valence-corrected chi connectivity index (χ3v) is 5.30. The van der Waals surface area contributed by atoms with Gasteiger partial charge in [0.05, 0.1) is 11.3 Å². The second kappa shape index (κ2) is 4.87. The maximum atomic E-state index is 12.8. The van der Waals surface area contributed by atoms with Crippen molar-refractivity contribution < 1.29 is 4.79 Å². The molecule has 0 saturated heterocycles. The number of hydrogen-bond donors (Lipinski definition) is 1. The van der Waals surface area contributed by atoms with Gasteiger partial charge in [-0.2, -0.15) is 4.68 Å². The molecule has 1 aromatic carbocycles. The lowest BCUT2D eigenvalue weighted by Gasteiger charge is -2.37. The number of amides is 1. The average Bonchev–Trinajstić information content (AvgIpc) is 2.97.